The van der Waals surface area contributed by atoms with Gasteiger partial charge in [0.05, 0.1) is 0 Å². The number of hydrogen-bond donors (Lipinski definition) is 1. The first kappa shape index (κ1) is 13.9. The van der Waals surface area contributed by atoms with Gasteiger partial charge in [-0.05, 0) is 61.6 Å². The second kappa shape index (κ2) is 5.76. The maximum absolute atomic E-state index is 13.4. The van der Waals surface area contributed by atoms with Crippen molar-refractivity contribution in [1.82, 2.24) is 0 Å². The van der Waals surface area contributed by atoms with Gasteiger partial charge >= 0.3 is 0 Å². The van der Waals surface area contributed by atoms with Crippen molar-refractivity contribution in [1.29, 1.82) is 0 Å². The molecular weight excluding hydrogens is 265 g/mol. The van der Waals surface area contributed by atoms with Crippen LogP contribution in [0.3, 0.4) is 0 Å². The molecule has 0 fully saturated rings. The van der Waals surface area contributed by atoms with E-state index in [1.807, 2.05) is 18.2 Å². The highest BCUT2D eigenvalue weighted by Gasteiger charge is 2.23. The molecule has 0 aromatic heterocycles. The van der Waals surface area contributed by atoms with Gasteiger partial charge in [-0.15, -0.1) is 0 Å². The van der Waals surface area contributed by atoms with Crippen LogP contribution in [0.2, 0.25) is 0 Å². The maximum atomic E-state index is 13.4. The Hall–Kier alpha value is -2.03. The summed E-state index contributed by atoms with van der Waals surface area (Å²) >= 11 is 0. The van der Waals surface area contributed by atoms with Gasteiger partial charge in [0.1, 0.15) is 11.6 Å². The maximum Gasteiger partial charge on any atom is 0.125 e. The molecule has 0 radical (unpaired) electrons. The summed E-state index contributed by atoms with van der Waals surface area (Å²) in [6.45, 7) is 3.16. The number of aromatic hydroxyl groups is 1. The Kier molecular flexibility index (Phi) is 3.82. The summed E-state index contributed by atoms with van der Waals surface area (Å²) < 4.78 is 13.4. The van der Waals surface area contributed by atoms with Crippen LogP contribution in [0.5, 0.6) is 5.75 Å². The molecule has 1 aliphatic rings. The van der Waals surface area contributed by atoms with E-state index in [4.69, 9.17) is 0 Å². The van der Waals surface area contributed by atoms with Gasteiger partial charge in [0.2, 0.25) is 0 Å². The number of rotatable bonds is 4. The number of halogens is 1. The van der Waals surface area contributed by atoms with E-state index in [0.29, 0.717) is 11.8 Å². The number of benzene rings is 2. The highest BCUT2D eigenvalue weighted by Crippen LogP contribution is 2.31. The van der Waals surface area contributed by atoms with Crippen LogP contribution in [0.4, 0.5) is 10.1 Å². The van der Waals surface area contributed by atoms with Crippen LogP contribution < -0.4 is 4.90 Å². The average Bonchev–Trinajstić information content (AvgIpc) is 2.89. The Labute approximate surface area is 124 Å². The predicted octanol–water partition coefficient (Wildman–Crippen LogP) is 3.92. The molecule has 0 spiro atoms. The first-order valence-corrected chi connectivity index (χ1v) is 7.46. The molecule has 3 rings (SSSR count). The molecule has 110 valence electrons. The summed E-state index contributed by atoms with van der Waals surface area (Å²) in [5.41, 5.74) is 3.51. The minimum Gasteiger partial charge on any atom is -0.508 e. The molecule has 0 aliphatic carbocycles. The second-order valence-electron chi connectivity index (χ2n) is 5.77. The lowest BCUT2D eigenvalue weighted by Crippen LogP contribution is -2.31. The second-order valence-corrected chi connectivity index (χ2v) is 5.77. The summed E-state index contributed by atoms with van der Waals surface area (Å²) in [7, 11) is 0. The molecule has 1 N–H and O–H groups in total. The van der Waals surface area contributed by atoms with Crippen molar-refractivity contribution in [3.63, 3.8) is 0 Å². The van der Waals surface area contributed by atoms with Crippen LogP contribution in [0.15, 0.2) is 42.5 Å². The normalized spacial score (nSPS) is 15.0. The van der Waals surface area contributed by atoms with E-state index < -0.39 is 0 Å². The van der Waals surface area contributed by atoms with Crippen molar-refractivity contribution in [3.05, 3.63) is 59.4 Å². The van der Waals surface area contributed by atoms with E-state index in [1.54, 1.807) is 24.3 Å². The fraction of sp³-hybridized carbons (Fsp3) is 0.333. The zero-order chi connectivity index (χ0) is 14.8. The topological polar surface area (TPSA) is 23.5 Å². The molecule has 2 nitrogen and oxygen atoms in total. The lowest BCUT2D eigenvalue weighted by molar-refractivity contribution is 0.475. The van der Waals surface area contributed by atoms with Gasteiger partial charge in [0, 0.05) is 18.3 Å². The van der Waals surface area contributed by atoms with Crippen molar-refractivity contribution in [2.75, 3.05) is 11.4 Å². The van der Waals surface area contributed by atoms with E-state index in [9.17, 15) is 9.50 Å². The molecule has 3 heteroatoms. The Bertz CT molecular complexity index is 624. The zero-order valence-electron chi connectivity index (χ0n) is 12.2. The van der Waals surface area contributed by atoms with Crippen molar-refractivity contribution in [2.45, 2.75) is 32.2 Å². The van der Waals surface area contributed by atoms with E-state index in [2.05, 4.69) is 11.8 Å². The van der Waals surface area contributed by atoms with Crippen molar-refractivity contribution < 1.29 is 9.50 Å². The Morgan fingerprint density at radius 3 is 2.71 bits per heavy atom. The van der Waals surface area contributed by atoms with E-state index in [-0.39, 0.29) is 5.82 Å². The number of anilines is 1. The Balaban J connectivity index is 1.66. The lowest BCUT2D eigenvalue weighted by atomic mass is 10.0. The molecule has 1 aliphatic heterocycles. The van der Waals surface area contributed by atoms with E-state index in [0.717, 1.165) is 31.5 Å². The lowest BCUT2D eigenvalue weighted by Gasteiger charge is -2.27. The molecule has 21 heavy (non-hydrogen) atoms. The smallest absolute Gasteiger partial charge is 0.125 e. The SMILES string of the molecule is CC(CCc1ccc(O)cc1)N1CCc2ccc(F)cc21. The van der Waals surface area contributed by atoms with Gasteiger partial charge in [-0.1, -0.05) is 18.2 Å². The fourth-order valence-corrected chi connectivity index (χ4v) is 3.03. The van der Waals surface area contributed by atoms with E-state index in [1.165, 1.54) is 11.1 Å². The highest BCUT2D eigenvalue weighted by atomic mass is 19.1. The summed E-state index contributed by atoms with van der Waals surface area (Å²) in [4.78, 5) is 2.30. The Morgan fingerprint density at radius 1 is 1.19 bits per heavy atom. The van der Waals surface area contributed by atoms with Gasteiger partial charge in [-0.25, -0.2) is 4.39 Å². The van der Waals surface area contributed by atoms with Crippen LogP contribution in [0.25, 0.3) is 0 Å². The largest absolute Gasteiger partial charge is 0.508 e. The van der Waals surface area contributed by atoms with Crippen LogP contribution in [0.1, 0.15) is 24.5 Å². The summed E-state index contributed by atoms with van der Waals surface area (Å²) in [6, 6.07) is 12.8. The molecule has 1 heterocycles. The Morgan fingerprint density at radius 2 is 1.95 bits per heavy atom. The molecule has 0 saturated carbocycles. The highest BCUT2D eigenvalue weighted by molar-refractivity contribution is 5.58. The first-order valence-electron chi connectivity index (χ1n) is 7.46. The van der Waals surface area contributed by atoms with Crippen LogP contribution in [-0.2, 0) is 12.8 Å². The predicted molar refractivity (Wildman–Crippen MR) is 83.3 cm³/mol. The van der Waals surface area contributed by atoms with Crippen LogP contribution >= 0.6 is 0 Å². The van der Waals surface area contributed by atoms with E-state index >= 15 is 0 Å². The van der Waals surface area contributed by atoms with Gasteiger partial charge in [-0.3, -0.25) is 0 Å². The average molecular weight is 285 g/mol. The monoisotopic (exact) mass is 285 g/mol. The van der Waals surface area contributed by atoms with Crippen molar-refractivity contribution >= 4 is 5.69 Å². The number of aryl methyl sites for hydroxylation is 1. The third-order valence-corrected chi connectivity index (χ3v) is 4.30. The third-order valence-electron chi connectivity index (χ3n) is 4.30. The quantitative estimate of drug-likeness (QED) is 0.920. The number of phenols is 1. The number of hydrogen-bond acceptors (Lipinski definition) is 2. The number of nitrogens with zero attached hydrogens (tertiary/aromatic N) is 1. The third kappa shape index (κ3) is 3.02. The van der Waals surface area contributed by atoms with Crippen molar-refractivity contribution in [3.8, 4) is 5.75 Å². The molecule has 1 atom stereocenters. The van der Waals surface area contributed by atoms with Gasteiger partial charge < -0.3 is 10.0 Å². The molecule has 0 saturated heterocycles. The molecule has 2 aromatic rings. The van der Waals surface area contributed by atoms with Gasteiger partial charge in [0.15, 0.2) is 0 Å². The van der Waals surface area contributed by atoms with Gasteiger partial charge in [0.25, 0.3) is 0 Å². The standard InChI is InChI=1S/C18H20FNO/c1-13(2-3-14-4-8-17(21)9-5-14)20-11-10-15-6-7-16(19)12-18(15)20/h4-9,12-13,21H,2-3,10-11H2,1H3. The number of phenolic OH excluding ortho intramolecular Hbond substituents is 1. The first-order chi connectivity index (χ1) is 10.1. The number of fused-ring (bicyclic) bond motifs is 1. The molecule has 0 bridgehead atoms. The summed E-state index contributed by atoms with van der Waals surface area (Å²) in [6.07, 6.45) is 2.97. The minimum atomic E-state index is -0.161. The zero-order valence-corrected chi connectivity index (χ0v) is 12.2. The van der Waals surface area contributed by atoms with Crippen LogP contribution in [0, 0.1) is 5.82 Å². The minimum absolute atomic E-state index is 0.161. The van der Waals surface area contributed by atoms with Crippen molar-refractivity contribution in [2.24, 2.45) is 0 Å². The van der Waals surface area contributed by atoms with Crippen LogP contribution in [-0.4, -0.2) is 17.7 Å². The fourth-order valence-electron chi connectivity index (χ4n) is 3.03. The summed E-state index contributed by atoms with van der Waals surface area (Å²) in [5, 5.41) is 9.30. The molecule has 2 aromatic carbocycles. The molecule has 1 unspecified atom stereocenters. The van der Waals surface area contributed by atoms with Gasteiger partial charge in [-0.2, -0.15) is 0 Å². The molecular formula is C18H20FNO. The summed E-state index contributed by atoms with van der Waals surface area (Å²) in [5.74, 6) is 0.141. The molecule has 0 amide bonds.